The Morgan fingerprint density at radius 1 is 1.35 bits per heavy atom. The Balaban J connectivity index is 2.46. The molecule has 6 heteroatoms. The van der Waals surface area contributed by atoms with Crippen LogP contribution in [0.1, 0.15) is 23.5 Å². The third-order valence-corrected chi connectivity index (χ3v) is 3.94. The van der Waals surface area contributed by atoms with Crippen molar-refractivity contribution in [2.45, 2.75) is 13.8 Å². The predicted molar refractivity (Wildman–Crippen MR) is 72.3 cm³/mol. The molecular weight excluding hydrogens is 304 g/mol. The van der Waals surface area contributed by atoms with Crippen molar-refractivity contribution in [3.05, 3.63) is 20.8 Å². The van der Waals surface area contributed by atoms with Gasteiger partial charge in [-0.1, -0.05) is 0 Å². The number of halogens is 1. The monoisotopic (exact) mass is 318 g/mol. The fourth-order valence-corrected chi connectivity index (χ4v) is 2.67. The molecule has 0 atom stereocenters. The highest BCUT2D eigenvalue weighted by Crippen LogP contribution is 2.21. The van der Waals surface area contributed by atoms with Gasteiger partial charge in [0.2, 0.25) is 5.91 Å². The maximum Gasteiger partial charge on any atom is 0.261 e. The first kappa shape index (κ1) is 14.2. The van der Waals surface area contributed by atoms with E-state index in [2.05, 4.69) is 21.2 Å². The molecule has 1 N–H and O–H groups in total. The third-order valence-electron chi connectivity index (χ3n) is 2.31. The normalized spacial score (nSPS) is 10.1. The number of thiophene rings is 1. The van der Waals surface area contributed by atoms with Crippen molar-refractivity contribution < 1.29 is 9.59 Å². The Kier molecular flexibility index (Phi) is 5.64. The standard InChI is InChI=1S/C11H15BrN2O2S/c1-3-14(4-2)10(15)7-13-11(16)8-5-6-9(12)17-8/h5-6H,3-4,7H2,1-2H3,(H,13,16). The molecule has 0 bridgehead atoms. The van der Waals surface area contributed by atoms with E-state index in [1.165, 1.54) is 11.3 Å². The van der Waals surface area contributed by atoms with E-state index in [9.17, 15) is 9.59 Å². The summed E-state index contributed by atoms with van der Waals surface area (Å²) in [4.78, 5) is 25.6. The number of carbonyl (C=O) groups is 2. The van der Waals surface area contributed by atoms with Crippen LogP contribution in [-0.4, -0.2) is 36.3 Å². The van der Waals surface area contributed by atoms with Crippen LogP contribution in [0.5, 0.6) is 0 Å². The molecule has 0 fully saturated rings. The van der Waals surface area contributed by atoms with E-state index < -0.39 is 0 Å². The van der Waals surface area contributed by atoms with Crippen molar-refractivity contribution in [2.75, 3.05) is 19.6 Å². The largest absolute Gasteiger partial charge is 0.342 e. The van der Waals surface area contributed by atoms with Crippen LogP contribution in [0, 0.1) is 0 Å². The van der Waals surface area contributed by atoms with Gasteiger partial charge >= 0.3 is 0 Å². The summed E-state index contributed by atoms with van der Waals surface area (Å²) in [5.74, 6) is -0.264. The molecule has 0 aromatic carbocycles. The second-order valence-electron chi connectivity index (χ2n) is 3.35. The summed E-state index contributed by atoms with van der Waals surface area (Å²) in [6.45, 7) is 5.21. The maximum atomic E-state index is 11.7. The van der Waals surface area contributed by atoms with Gasteiger partial charge in [-0.2, -0.15) is 0 Å². The number of likely N-dealkylation sites (N-methyl/N-ethyl adjacent to an activating group) is 1. The number of hydrogen-bond acceptors (Lipinski definition) is 3. The van der Waals surface area contributed by atoms with Crippen molar-refractivity contribution in [3.63, 3.8) is 0 Å². The minimum absolute atomic E-state index is 0.0516. The molecule has 1 aromatic rings. The summed E-state index contributed by atoms with van der Waals surface area (Å²) in [5.41, 5.74) is 0. The van der Waals surface area contributed by atoms with Gasteiger partial charge in [0, 0.05) is 13.1 Å². The van der Waals surface area contributed by atoms with E-state index in [0.29, 0.717) is 18.0 Å². The Bertz CT molecular complexity index is 402. The van der Waals surface area contributed by atoms with E-state index in [1.807, 2.05) is 19.9 Å². The zero-order chi connectivity index (χ0) is 12.8. The van der Waals surface area contributed by atoms with Crippen molar-refractivity contribution in [1.29, 1.82) is 0 Å². The molecule has 1 rings (SSSR count). The van der Waals surface area contributed by atoms with Gasteiger partial charge < -0.3 is 10.2 Å². The molecule has 94 valence electrons. The van der Waals surface area contributed by atoms with Crippen LogP contribution in [0.25, 0.3) is 0 Å². The van der Waals surface area contributed by atoms with Gasteiger partial charge in [-0.15, -0.1) is 11.3 Å². The number of carbonyl (C=O) groups excluding carboxylic acids is 2. The maximum absolute atomic E-state index is 11.7. The highest BCUT2D eigenvalue weighted by Gasteiger charge is 2.13. The highest BCUT2D eigenvalue weighted by molar-refractivity contribution is 9.11. The average molecular weight is 319 g/mol. The molecule has 0 radical (unpaired) electrons. The van der Waals surface area contributed by atoms with Crippen molar-refractivity contribution >= 4 is 39.1 Å². The summed E-state index contributed by atoms with van der Waals surface area (Å²) in [7, 11) is 0. The summed E-state index contributed by atoms with van der Waals surface area (Å²) in [5, 5.41) is 2.62. The first-order chi connectivity index (χ1) is 8.08. The average Bonchev–Trinajstić information content (AvgIpc) is 2.74. The molecule has 4 nitrogen and oxygen atoms in total. The lowest BCUT2D eigenvalue weighted by molar-refractivity contribution is -0.129. The van der Waals surface area contributed by atoms with Crippen molar-refractivity contribution in [3.8, 4) is 0 Å². The molecule has 0 saturated heterocycles. The number of amides is 2. The molecule has 17 heavy (non-hydrogen) atoms. The fraction of sp³-hybridized carbons (Fsp3) is 0.455. The molecule has 2 amide bonds. The van der Waals surface area contributed by atoms with Gasteiger partial charge in [-0.3, -0.25) is 9.59 Å². The van der Waals surface area contributed by atoms with Gasteiger partial charge in [-0.25, -0.2) is 0 Å². The number of nitrogens with one attached hydrogen (secondary N) is 1. The van der Waals surface area contributed by atoms with Gasteiger partial charge in [0.1, 0.15) is 0 Å². The van der Waals surface area contributed by atoms with Gasteiger partial charge in [0.05, 0.1) is 15.2 Å². The van der Waals surface area contributed by atoms with E-state index >= 15 is 0 Å². The Labute approximate surface area is 113 Å². The van der Waals surface area contributed by atoms with Crippen LogP contribution in [0.2, 0.25) is 0 Å². The molecule has 0 aliphatic rings. The lowest BCUT2D eigenvalue weighted by atomic mass is 10.4. The SMILES string of the molecule is CCN(CC)C(=O)CNC(=O)c1ccc(Br)s1. The molecule has 0 aliphatic heterocycles. The van der Waals surface area contributed by atoms with Crippen LogP contribution < -0.4 is 5.32 Å². The number of hydrogen-bond donors (Lipinski definition) is 1. The van der Waals surface area contributed by atoms with Crippen LogP contribution in [0.4, 0.5) is 0 Å². The van der Waals surface area contributed by atoms with Gasteiger partial charge in [0.15, 0.2) is 0 Å². The van der Waals surface area contributed by atoms with Crippen LogP contribution in [0.3, 0.4) is 0 Å². The quantitative estimate of drug-likeness (QED) is 0.904. The molecule has 0 spiro atoms. The highest BCUT2D eigenvalue weighted by atomic mass is 79.9. The zero-order valence-electron chi connectivity index (χ0n) is 9.83. The Morgan fingerprint density at radius 3 is 2.47 bits per heavy atom. The van der Waals surface area contributed by atoms with Crippen LogP contribution >= 0.6 is 27.3 Å². The molecule has 1 heterocycles. The number of rotatable bonds is 5. The topological polar surface area (TPSA) is 49.4 Å². The van der Waals surface area contributed by atoms with Gasteiger partial charge in [-0.05, 0) is 41.9 Å². The van der Waals surface area contributed by atoms with Crippen LogP contribution in [-0.2, 0) is 4.79 Å². The lowest BCUT2D eigenvalue weighted by Gasteiger charge is -2.18. The summed E-state index contributed by atoms with van der Waals surface area (Å²) < 4.78 is 0.901. The van der Waals surface area contributed by atoms with E-state index in [4.69, 9.17) is 0 Å². The van der Waals surface area contributed by atoms with E-state index in [-0.39, 0.29) is 18.4 Å². The van der Waals surface area contributed by atoms with Crippen molar-refractivity contribution in [2.24, 2.45) is 0 Å². The third kappa shape index (κ3) is 4.12. The molecule has 0 unspecified atom stereocenters. The minimum atomic E-state index is -0.207. The smallest absolute Gasteiger partial charge is 0.261 e. The summed E-state index contributed by atoms with van der Waals surface area (Å²) in [6, 6.07) is 3.54. The molecule has 0 saturated carbocycles. The number of nitrogens with zero attached hydrogens (tertiary/aromatic N) is 1. The Hall–Kier alpha value is -0.880. The molecular formula is C11H15BrN2O2S. The van der Waals surface area contributed by atoms with Crippen LogP contribution in [0.15, 0.2) is 15.9 Å². The first-order valence-electron chi connectivity index (χ1n) is 5.39. The fourth-order valence-electron chi connectivity index (χ4n) is 1.37. The van der Waals surface area contributed by atoms with Crippen molar-refractivity contribution in [1.82, 2.24) is 10.2 Å². The first-order valence-corrected chi connectivity index (χ1v) is 7.00. The van der Waals surface area contributed by atoms with E-state index in [0.717, 1.165) is 3.79 Å². The summed E-state index contributed by atoms with van der Waals surface area (Å²) >= 11 is 4.64. The van der Waals surface area contributed by atoms with E-state index in [1.54, 1.807) is 11.0 Å². The predicted octanol–water partition coefficient (Wildman–Crippen LogP) is 2.11. The van der Waals surface area contributed by atoms with Gasteiger partial charge in [0.25, 0.3) is 5.91 Å². The Morgan fingerprint density at radius 2 is 2.00 bits per heavy atom. The molecule has 1 aromatic heterocycles. The second-order valence-corrected chi connectivity index (χ2v) is 5.82. The second kappa shape index (κ2) is 6.76. The zero-order valence-corrected chi connectivity index (χ0v) is 12.2. The lowest BCUT2D eigenvalue weighted by Crippen LogP contribution is -2.39. The summed E-state index contributed by atoms with van der Waals surface area (Å²) in [6.07, 6.45) is 0. The minimum Gasteiger partial charge on any atom is -0.342 e. The molecule has 0 aliphatic carbocycles.